The Morgan fingerprint density at radius 3 is 2.22 bits per heavy atom. The second kappa shape index (κ2) is 4.30. The number of rotatable bonds is 0. The van der Waals surface area contributed by atoms with Gasteiger partial charge in [0.1, 0.15) is 0 Å². The summed E-state index contributed by atoms with van der Waals surface area (Å²) in [6.45, 7) is 0. The van der Waals surface area contributed by atoms with E-state index in [0.717, 1.165) is 0 Å². The van der Waals surface area contributed by atoms with E-state index in [9.17, 15) is 0 Å². The van der Waals surface area contributed by atoms with E-state index < -0.39 is 0 Å². The standard InChI is InChI=1S/C6H5O2.K/c7-5-1-2-6(8)4-3-5;/h1-3,7-8H;/q-1;+1. The molecule has 3 heteroatoms. The van der Waals surface area contributed by atoms with Gasteiger partial charge in [-0.15, -0.1) is 24.3 Å². The molecule has 0 saturated heterocycles. The fourth-order valence-electron chi connectivity index (χ4n) is 0.408. The molecule has 2 N–H and O–H groups in total. The number of hydrogen-bond donors (Lipinski definition) is 2. The van der Waals surface area contributed by atoms with E-state index in [1.165, 1.54) is 18.2 Å². The van der Waals surface area contributed by atoms with Crippen molar-refractivity contribution < 1.29 is 61.6 Å². The molecule has 42 valence electrons. The molecule has 0 aromatic heterocycles. The Morgan fingerprint density at radius 1 is 1.22 bits per heavy atom. The van der Waals surface area contributed by atoms with Crippen molar-refractivity contribution in [1.82, 2.24) is 0 Å². The van der Waals surface area contributed by atoms with E-state index in [4.69, 9.17) is 10.2 Å². The van der Waals surface area contributed by atoms with E-state index in [0.29, 0.717) is 0 Å². The molecule has 0 unspecified atom stereocenters. The van der Waals surface area contributed by atoms with Crippen LogP contribution in [-0.2, 0) is 0 Å². The first-order valence-corrected chi connectivity index (χ1v) is 2.19. The summed E-state index contributed by atoms with van der Waals surface area (Å²) >= 11 is 0. The molecule has 9 heavy (non-hydrogen) atoms. The maximum atomic E-state index is 8.61. The van der Waals surface area contributed by atoms with Crippen molar-refractivity contribution in [2.45, 2.75) is 0 Å². The molecule has 0 aliphatic rings. The zero-order chi connectivity index (χ0) is 5.98. The average Bonchev–Trinajstić information content (AvgIpc) is 1.77. The van der Waals surface area contributed by atoms with Gasteiger partial charge in [0.15, 0.2) is 0 Å². The van der Waals surface area contributed by atoms with Gasteiger partial charge in [0.05, 0.1) is 0 Å². The first kappa shape index (κ1) is 9.46. The van der Waals surface area contributed by atoms with Crippen molar-refractivity contribution in [3.63, 3.8) is 0 Å². The predicted molar refractivity (Wildman–Crippen MR) is 28.6 cm³/mol. The molecule has 1 aromatic carbocycles. The summed E-state index contributed by atoms with van der Waals surface area (Å²) in [6.07, 6.45) is 0. The third kappa shape index (κ3) is 3.22. The van der Waals surface area contributed by atoms with Crippen LogP contribution >= 0.6 is 0 Å². The molecule has 0 amide bonds. The first-order chi connectivity index (χ1) is 3.79. The summed E-state index contributed by atoms with van der Waals surface area (Å²) in [5, 5.41) is 17.2. The number of benzene rings is 1. The Balaban J connectivity index is 0.000000640. The van der Waals surface area contributed by atoms with Crippen LogP contribution in [0.3, 0.4) is 0 Å². The third-order valence-corrected chi connectivity index (χ3v) is 0.780. The van der Waals surface area contributed by atoms with Gasteiger partial charge in [-0.05, 0) is 0 Å². The molecular weight excluding hydrogens is 143 g/mol. The summed E-state index contributed by atoms with van der Waals surface area (Å²) in [4.78, 5) is 0. The smallest absolute Gasteiger partial charge is 0.566 e. The van der Waals surface area contributed by atoms with Gasteiger partial charge in [-0.25, -0.2) is 0 Å². The Morgan fingerprint density at radius 2 is 1.89 bits per heavy atom. The van der Waals surface area contributed by atoms with Gasteiger partial charge in [0, 0.05) is 11.5 Å². The molecule has 0 spiro atoms. The third-order valence-electron chi connectivity index (χ3n) is 0.780. The second-order valence-corrected chi connectivity index (χ2v) is 1.43. The molecule has 1 rings (SSSR count). The van der Waals surface area contributed by atoms with Gasteiger partial charge in [-0.1, -0.05) is 0 Å². The number of phenols is 2. The average molecular weight is 148 g/mol. The van der Waals surface area contributed by atoms with E-state index >= 15 is 0 Å². The SMILES string of the molecule is Oc1[c-]cc(O)cc1.[K+]. The van der Waals surface area contributed by atoms with Crippen LogP contribution in [0.2, 0.25) is 0 Å². The zero-order valence-electron chi connectivity index (χ0n) is 5.13. The quantitative estimate of drug-likeness (QED) is 0.251. The van der Waals surface area contributed by atoms with Crippen molar-refractivity contribution in [3.8, 4) is 11.5 Å². The molecule has 0 saturated carbocycles. The van der Waals surface area contributed by atoms with Crippen LogP contribution < -0.4 is 51.4 Å². The van der Waals surface area contributed by atoms with Crippen molar-refractivity contribution in [1.29, 1.82) is 0 Å². The van der Waals surface area contributed by atoms with Crippen LogP contribution in [0.25, 0.3) is 0 Å². The van der Waals surface area contributed by atoms with Crippen LogP contribution in [0.5, 0.6) is 11.5 Å². The molecule has 0 aliphatic carbocycles. The second-order valence-electron chi connectivity index (χ2n) is 1.43. The Hall–Kier alpha value is 0.456. The van der Waals surface area contributed by atoms with E-state index in [-0.39, 0.29) is 62.9 Å². The number of aromatic hydroxyl groups is 2. The van der Waals surface area contributed by atoms with E-state index in [2.05, 4.69) is 6.07 Å². The van der Waals surface area contributed by atoms with Gasteiger partial charge in [-0.3, -0.25) is 0 Å². The fraction of sp³-hybridized carbons (Fsp3) is 0. The first-order valence-electron chi connectivity index (χ1n) is 2.19. The maximum Gasteiger partial charge on any atom is 1.00 e. The summed E-state index contributed by atoms with van der Waals surface area (Å²) in [6, 6.07) is 6.47. The van der Waals surface area contributed by atoms with Crippen molar-refractivity contribution >= 4 is 0 Å². The minimum absolute atomic E-state index is 0. The van der Waals surface area contributed by atoms with Gasteiger partial charge in [-0.2, -0.15) is 0 Å². The summed E-state index contributed by atoms with van der Waals surface area (Å²) in [7, 11) is 0. The molecule has 0 fully saturated rings. The molecular formula is C6H5KO2. The van der Waals surface area contributed by atoms with Crippen LogP contribution in [0, 0.1) is 6.07 Å². The fourth-order valence-corrected chi connectivity index (χ4v) is 0.408. The van der Waals surface area contributed by atoms with E-state index in [1.807, 2.05) is 0 Å². The molecule has 1 aromatic rings. The van der Waals surface area contributed by atoms with Crippen molar-refractivity contribution in [3.05, 3.63) is 24.3 Å². The van der Waals surface area contributed by atoms with Crippen LogP contribution in [0.15, 0.2) is 18.2 Å². The molecule has 0 bridgehead atoms. The summed E-state index contributed by atoms with van der Waals surface area (Å²) < 4.78 is 0. The number of hydrogen-bond acceptors (Lipinski definition) is 2. The van der Waals surface area contributed by atoms with E-state index in [1.54, 1.807) is 0 Å². The van der Waals surface area contributed by atoms with Crippen LogP contribution in [-0.4, -0.2) is 10.2 Å². The minimum atomic E-state index is 0. The molecule has 0 aliphatic heterocycles. The Bertz CT molecular complexity index is 150. The summed E-state index contributed by atoms with van der Waals surface area (Å²) in [5.41, 5.74) is 0. The molecule has 0 atom stereocenters. The predicted octanol–water partition coefficient (Wildman–Crippen LogP) is -2.10. The molecule has 2 nitrogen and oxygen atoms in total. The molecule has 0 radical (unpaired) electrons. The summed E-state index contributed by atoms with van der Waals surface area (Å²) in [5.74, 6) is 0.158. The maximum absolute atomic E-state index is 8.61. The zero-order valence-corrected chi connectivity index (χ0v) is 8.25. The Kier molecular flexibility index (Phi) is 4.52. The monoisotopic (exact) mass is 148 g/mol. The van der Waals surface area contributed by atoms with Gasteiger partial charge < -0.3 is 10.2 Å². The number of phenolic OH excluding ortho intramolecular Hbond substituents is 2. The van der Waals surface area contributed by atoms with Gasteiger partial charge in [0.2, 0.25) is 0 Å². The Labute approximate surface area is 95.9 Å². The van der Waals surface area contributed by atoms with Crippen molar-refractivity contribution in [2.24, 2.45) is 0 Å². The van der Waals surface area contributed by atoms with Crippen LogP contribution in [0.1, 0.15) is 0 Å². The molecule has 0 heterocycles. The van der Waals surface area contributed by atoms with Gasteiger partial charge in [0.25, 0.3) is 0 Å². The van der Waals surface area contributed by atoms with Crippen molar-refractivity contribution in [2.75, 3.05) is 0 Å². The largest absolute Gasteiger partial charge is 1.00 e. The normalized spacial score (nSPS) is 8.00. The van der Waals surface area contributed by atoms with Gasteiger partial charge >= 0.3 is 51.4 Å². The minimum Gasteiger partial charge on any atom is -0.566 e. The van der Waals surface area contributed by atoms with Crippen LogP contribution in [0.4, 0.5) is 0 Å². The topological polar surface area (TPSA) is 40.5 Å².